The molecule has 0 bridgehead atoms. The van der Waals surface area contributed by atoms with Crippen LogP contribution in [-0.4, -0.2) is 30.6 Å². The summed E-state index contributed by atoms with van der Waals surface area (Å²) in [4.78, 5) is 17.0. The molecule has 5 nitrogen and oxygen atoms in total. The third-order valence-corrected chi connectivity index (χ3v) is 2.33. The predicted molar refractivity (Wildman–Crippen MR) is 57.6 cm³/mol. The Hall–Kier alpha value is -1.20. The maximum absolute atomic E-state index is 11.9. The smallest absolute Gasteiger partial charge is 0.179 e. The molecule has 2 atom stereocenters. The summed E-state index contributed by atoms with van der Waals surface area (Å²) >= 11 is 0. The maximum Gasteiger partial charge on any atom is 0.179 e. The van der Waals surface area contributed by atoms with Gasteiger partial charge in [0.15, 0.2) is 5.78 Å². The Morgan fingerprint density at radius 3 is 2.87 bits per heavy atom. The lowest BCUT2D eigenvalue weighted by molar-refractivity contribution is -0.122. The Labute approximate surface area is 89.3 Å². The van der Waals surface area contributed by atoms with Gasteiger partial charge in [-0.1, -0.05) is 6.92 Å². The predicted octanol–water partition coefficient (Wildman–Crippen LogP) is 0.380. The Balaban J connectivity index is 2.69. The highest BCUT2D eigenvalue weighted by atomic mass is 16.7. The van der Waals surface area contributed by atoms with Crippen molar-refractivity contribution in [1.82, 2.24) is 10.8 Å². The van der Waals surface area contributed by atoms with Crippen molar-refractivity contribution in [3.05, 3.63) is 11.8 Å². The lowest BCUT2D eigenvalue weighted by Crippen LogP contribution is -2.47. The van der Waals surface area contributed by atoms with Gasteiger partial charge in [-0.3, -0.25) is 4.79 Å². The first-order chi connectivity index (χ1) is 7.10. The van der Waals surface area contributed by atoms with Gasteiger partial charge >= 0.3 is 0 Å². The Morgan fingerprint density at radius 2 is 2.47 bits per heavy atom. The summed E-state index contributed by atoms with van der Waals surface area (Å²) in [6.45, 7) is 3.57. The molecule has 0 aromatic heterocycles. The molecule has 84 valence electrons. The number of carbonyl (C=O) groups is 1. The summed E-state index contributed by atoms with van der Waals surface area (Å²) < 4.78 is 0. The average molecular weight is 211 g/mol. The molecule has 0 aromatic rings. The molecule has 15 heavy (non-hydrogen) atoms. The van der Waals surface area contributed by atoms with E-state index >= 15 is 0 Å². The lowest BCUT2D eigenvalue weighted by Gasteiger charge is -2.16. The second-order valence-electron chi connectivity index (χ2n) is 3.49. The van der Waals surface area contributed by atoms with Gasteiger partial charge in [0, 0.05) is 12.1 Å². The molecule has 5 heteroatoms. The molecule has 1 aliphatic heterocycles. The molecule has 0 saturated carbocycles. The molecule has 0 aliphatic carbocycles. The minimum absolute atomic E-state index is 0.0894. The van der Waals surface area contributed by atoms with Gasteiger partial charge in [0.05, 0.1) is 0 Å². The van der Waals surface area contributed by atoms with Crippen LogP contribution < -0.4 is 10.8 Å². The summed E-state index contributed by atoms with van der Waals surface area (Å²) in [5, 5.41) is 10.3. The van der Waals surface area contributed by atoms with Crippen LogP contribution in [0.25, 0.3) is 0 Å². The molecule has 1 heterocycles. The molecule has 0 spiro atoms. The number of likely N-dealkylation sites (N-methyl/N-ethyl adjacent to an activating group) is 1. The zero-order valence-electron chi connectivity index (χ0n) is 9.26. The quantitative estimate of drug-likeness (QED) is 0.575. The fourth-order valence-electron chi connectivity index (χ4n) is 1.48. The molecular formula is C10H17N3O2. The molecule has 3 N–H and O–H groups in total. The van der Waals surface area contributed by atoms with Crippen molar-refractivity contribution in [2.75, 3.05) is 7.05 Å². The lowest BCUT2D eigenvalue weighted by atomic mass is 10.0. The molecule has 0 amide bonds. The van der Waals surface area contributed by atoms with Gasteiger partial charge in [-0.15, -0.1) is 5.48 Å². The van der Waals surface area contributed by atoms with E-state index in [9.17, 15) is 4.79 Å². The number of nitrogens with one attached hydrogen (secondary N) is 3. The van der Waals surface area contributed by atoms with Crippen LogP contribution in [0.15, 0.2) is 11.8 Å². The number of allylic oxidation sites excluding steroid dienone is 1. The van der Waals surface area contributed by atoms with Crippen LogP contribution in [0.1, 0.15) is 20.3 Å². The highest BCUT2D eigenvalue weighted by molar-refractivity contribution is 6.09. The minimum atomic E-state index is -0.543. The van der Waals surface area contributed by atoms with Crippen LogP contribution in [-0.2, 0) is 9.63 Å². The van der Waals surface area contributed by atoms with Crippen molar-refractivity contribution in [2.45, 2.75) is 32.4 Å². The first-order valence-electron chi connectivity index (χ1n) is 4.99. The topological polar surface area (TPSA) is 74.2 Å². The first-order valence-corrected chi connectivity index (χ1v) is 4.99. The molecule has 0 fully saturated rings. The monoisotopic (exact) mass is 211 g/mol. The van der Waals surface area contributed by atoms with E-state index in [0.29, 0.717) is 5.71 Å². The largest absolute Gasteiger partial charge is 0.412 e. The molecule has 0 radical (unpaired) electrons. The van der Waals surface area contributed by atoms with Gasteiger partial charge in [-0.2, -0.15) is 0 Å². The number of rotatable bonds is 5. The molecule has 0 aromatic carbocycles. The summed E-state index contributed by atoms with van der Waals surface area (Å²) in [7, 11) is 1.67. The molecule has 1 rings (SSSR count). The van der Waals surface area contributed by atoms with Crippen LogP contribution in [0.3, 0.4) is 0 Å². The summed E-state index contributed by atoms with van der Waals surface area (Å²) in [5.74, 6) is 0.680. The zero-order chi connectivity index (χ0) is 11.4. The fraction of sp³-hybridized carbons (Fsp3) is 0.600. The first kappa shape index (κ1) is 11.9. The van der Waals surface area contributed by atoms with Crippen LogP contribution in [0.5, 0.6) is 0 Å². The standard InChI is InChI=1S/C10H17N3O2/c1-4-7-5-8(13-15-7)10(14)9(12-3)6(2)11/h5,8-9,11-13H,4H2,1-3H3. The van der Waals surface area contributed by atoms with Crippen LogP contribution in [0, 0.1) is 5.41 Å². The van der Waals surface area contributed by atoms with Gasteiger partial charge in [0.1, 0.15) is 17.8 Å². The molecule has 0 saturated heterocycles. The normalized spacial score (nSPS) is 21.8. The highest BCUT2D eigenvalue weighted by Crippen LogP contribution is 2.12. The Bertz CT molecular complexity index is 299. The molecule has 2 unspecified atom stereocenters. The van der Waals surface area contributed by atoms with E-state index in [1.165, 1.54) is 0 Å². The van der Waals surface area contributed by atoms with Crippen molar-refractivity contribution in [3.8, 4) is 0 Å². The van der Waals surface area contributed by atoms with E-state index < -0.39 is 12.1 Å². The minimum Gasteiger partial charge on any atom is -0.412 e. The van der Waals surface area contributed by atoms with Crippen LogP contribution in [0.2, 0.25) is 0 Å². The third kappa shape index (κ3) is 2.64. The number of ketones is 1. The van der Waals surface area contributed by atoms with Crippen molar-refractivity contribution in [1.29, 1.82) is 5.41 Å². The second kappa shape index (κ2) is 5.04. The van der Waals surface area contributed by atoms with Crippen molar-refractivity contribution in [2.24, 2.45) is 0 Å². The zero-order valence-corrected chi connectivity index (χ0v) is 9.26. The summed E-state index contributed by atoms with van der Waals surface area (Å²) in [6.07, 6.45) is 2.51. The number of hydroxylamine groups is 1. The summed E-state index contributed by atoms with van der Waals surface area (Å²) in [5.41, 5.74) is 2.96. The number of Topliss-reactive ketones (excluding diaryl/α,β-unsaturated/α-hetero) is 1. The fourth-order valence-corrected chi connectivity index (χ4v) is 1.48. The summed E-state index contributed by atoms with van der Waals surface area (Å²) in [6, 6.07) is -0.990. The van der Waals surface area contributed by atoms with E-state index in [2.05, 4.69) is 10.8 Å². The Morgan fingerprint density at radius 1 is 1.80 bits per heavy atom. The van der Waals surface area contributed by atoms with Gasteiger partial charge in [0.2, 0.25) is 0 Å². The Kier molecular flexibility index (Phi) is 3.99. The van der Waals surface area contributed by atoms with E-state index in [1.54, 1.807) is 20.0 Å². The van der Waals surface area contributed by atoms with Crippen LogP contribution in [0.4, 0.5) is 0 Å². The average Bonchev–Trinajstić information content (AvgIpc) is 2.66. The number of hydrogen-bond acceptors (Lipinski definition) is 5. The molecular weight excluding hydrogens is 194 g/mol. The highest BCUT2D eigenvalue weighted by Gasteiger charge is 2.29. The maximum atomic E-state index is 11.9. The van der Waals surface area contributed by atoms with Crippen LogP contribution >= 0.6 is 0 Å². The second-order valence-corrected chi connectivity index (χ2v) is 3.49. The SMILES string of the molecule is CCC1=CC(C(=O)C(NC)C(C)=N)NO1. The van der Waals surface area contributed by atoms with Crippen molar-refractivity contribution >= 4 is 11.5 Å². The van der Waals surface area contributed by atoms with E-state index in [1.807, 2.05) is 6.92 Å². The van der Waals surface area contributed by atoms with E-state index in [4.69, 9.17) is 10.2 Å². The van der Waals surface area contributed by atoms with Crippen molar-refractivity contribution < 1.29 is 9.63 Å². The van der Waals surface area contributed by atoms with Gasteiger partial charge in [0.25, 0.3) is 0 Å². The van der Waals surface area contributed by atoms with Crippen molar-refractivity contribution in [3.63, 3.8) is 0 Å². The van der Waals surface area contributed by atoms with E-state index in [0.717, 1.165) is 12.2 Å². The van der Waals surface area contributed by atoms with E-state index in [-0.39, 0.29) is 5.78 Å². The third-order valence-electron chi connectivity index (χ3n) is 2.33. The van der Waals surface area contributed by atoms with Gasteiger partial charge < -0.3 is 15.6 Å². The van der Waals surface area contributed by atoms with Gasteiger partial charge in [-0.25, -0.2) is 0 Å². The number of hydrogen-bond donors (Lipinski definition) is 3. The number of carbonyl (C=O) groups excluding carboxylic acids is 1. The molecule has 1 aliphatic rings. The van der Waals surface area contributed by atoms with Gasteiger partial charge in [-0.05, 0) is 20.0 Å².